The van der Waals surface area contributed by atoms with Gasteiger partial charge in [0.05, 0.1) is 22.7 Å². The molecule has 0 bridgehead atoms. The van der Waals surface area contributed by atoms with Crippen LogP contribution in [0.1, 0.15) is 52.0 Å². The quantitative estimate of drug-likeness (QED) is 0.811. The predicted molar refractivity (Wildman–Crippen MR) is 78.0 cm³/mol. The van der Waals surface area contributed by atoms with Crippen LogP contribution >= 0.6 is 0 Å². The van der Waals surface area contributed by atoms with Crippen LogP contribution in [0.4, 0.5) is 0 Å². The van der Waals surface area contributed by atoms with Crippen LogP contribution in [0.3, 0.4) is 0 Å². The second-order valence-corrected chi connectivity index (χ2v) is 6.54. The number of rotatable bonds is 2. The molecule has 0 saturated carbocycles. The van der Waals surface area contributed by atoms with Crippen LogP contribution in [-0.4, -0.2) is 9.55 Å². The normalized spacial score (nSPS) is 12.1. The lowest BCUT2D eigenvalue weighted by atomic mass is 9.92. The standard InChI is InChI=1S/C16H21N3/c1-11(2)19-14-7-6-12(10-17)8-13(14)18-15(19)9-16(3,4)5/h6-8,11H,9H2,1-5H3. The molecule has 19 heavy (non-hydrogen) atoms. The summed E-state index contributed by atoms with van der Waals surface area (Å²) in [4.78, 5) is 4.74. The van der Waals surface area contributed by atoms with Crippen LogP contribution in [0.2, 0.25) is 0 Å². The number of hydrogen-bond acceptors (Lipinski definition) is 2. The highest BCUT2D eigenvalue weighted by atomic mass is 15.1. The number of fused-ring (bicyclic) bond motifs is 1. The van der Waals surface area contributed by atoms with Crippen LogP contribution in [-0.2, 0) is 6.42 Å². The number of imidazole rings is 1. The van der Waals surface area contributed by atoms with Crippen molar-refractivity contribution in [2.45, 2.75) is 47.1 Å². The summed E-state index contributed by atoms with van der Waals surface area (Å²) in [7, 11) is 0. The Balaban J connectivity index is 2.63. The van der Waals surface area contributed by atoms with Crippen molar-refractivity contribution in [2.75, 3.05) is 0 Å². The van der Waals surface area contributed by atoms with Gasteiger partial charge in [-0.2, -0.15) is 5.26 Å². The summed E-state index contributed by atoms with van der Waals surface area (Å²) in [5.74, 6) is 1.10. The maximum atomic E-state index is 8.98. The molecule has 0 radical (unpaired) electrons. The molecule has 2 rings (SSSR count). The van der Waals surface area contributed by atoms with E-state index in [4.69, 9.17) is 10.2 Å². The van der Waals surface area contributed by atoms with Gasteiger partial charge in [0.1, 0.15) is 5.82 Å². The van der Waals surface area contributed by atoms with Crippen molar-refractivity contribution >= 4 is 11.0 Å². The van der Waals surface area contributed by atoms with Crippen LogP contribution in [0.15, 0.2) is 18.2 Å². The Labute approximate surface area is 114 Å². The first-order chi connectivity index (χ1) is 8.81. The van der Waals surface area contributed by atoms with Crippen molar-refractivity contribution in [2.24, 2.45) is 5.41 Å². The molecule has 0 unspecified atom stereocenters. The van der Waals surface area contributed by atoms with Gasteiger partial charge in [0, 0.05) is 12.5 Å². The number of nitriles is 1. The second-order valence-electron chi connectivity index (χ2n) is 6.54. The highest BCUT2D eigenvalue weighted by Crippen LogP contribution is 2.27. The number of benzene rings is 1. The van der Waals surface area contributed by atoms with E-state index >= 15 is 0 Å². The average Bonchev–Trinajstić information content (AvgIpc) is 2.62. The summed E-state index contributed by atoms with van der Waals surface area (Å²) in [6, 6.07) is 8.29. The number of aromatic nitrogens is 2. The maximum Gasteiger partial charge on any atom is 0.110 e. The van der Waals surface area contributed by atoms with Crippen LogP contribution < -0.4 is 0 Å². The molecule has 100 valence electrons. The number of nitrogens with zero attached hydrogens (tertiary/aromatic N) is 3. The zero-order valence-electron chi connectivity index (χ0n) is 12.4. The lowest BCUT2D eigenvalue weighted by Crippen LogP contribution is -2.15. The molecule has 0 fully saturated rings. The minimum absolute atomic E-state index is 0.200. The minimum atomic E-state index is 0.200. The Kier molecular flexibility index (Phi) is 3.36. The monoisotopic (exact) mass is 255 g/mol. The fourth-order valence-corrected chi connectivity index (χ4v) is 2.39. The molecule has 0 saturated heterocycles. The molecule has 0 aliphatic carbocycles. The van der Waals surface area contributed by atoms with Gasteiger partial charge in [0.15, 0.2) is 0 Å². The van der Waals surface area contributed by atoms with Crippen LogP contribution in [0, 0.1) is 16.7 Å². The summed E-state index contributed by atoms with van der Waals surface area (Å²) in [5, 5.41) is 8.98. The van der Waals surface area contributed by atoms with E-state index in [2.05, 4.69) is 45.3 Å². The van der Waals surface area contributed by atoms with Crippen LogP contribution in [0.25, 0.3) is 11.0 Å². The third-order valence-electron chi connectivity index (χ3n) is 3.10. The first kappa shape index (κ1) is 13.6. The van der Waals surface area contributed by atoms with Gasteiger partial charge in [-0.1, -0.05) is 20.8 Å². The van der Waals surface area contributed by atoms with Gasteiger partial charge >= 0.3 is 0 Å². The maximum absolute atomic E-state index is 8.98. The van der Waals surface area contributed by atoms with Crippen LogP contribution in [0.5, 0.6) is 0 Å². The van der Waals surface area contributed by atoms with Gasteiger partial charge in [-0.15, -0.1) is 0 Å². The average molecular weight is 255 g/mol. The largest absolute Gasteiger partial charge is 0.325 e. The van der Waals surface area contributed by atoms with Crippen molar-refractivity contribution in [3.63, 3.8) is 0 Å². The fraction of sp³-hybridized carbons (Fsp3) is 0.500. The summed E-state index contributed by atoms with van der Waals surface area (Å²) in [5.41, 5.74) is 2.91. The topological polar surface area (TPSA) is 41.6 Å². The first-order valence-electron chi connectivity index (χ1n) is 6.73. The molecule has 1 heterocycles. The predicted octanol–water partition coefficient (Wildman–Crippen LogP) is 4.08. The van der Waals surface area contributed by atoms with E-state index in [9.17, 15) is 0 Å². The molecule has 0 amide bonds. The number of hydrogen-bond donors (Lipinski definition) is 0. The van der Waals surface area contributed by atoms with Gasteiger partial charge in [-0.05, 0) is 37.5 Å². The Morgan fingerprint density at radius 1 is 1.32 bits per heavy atom. The van der Waals surface area contributed by atoms with Crippen molar-refractivity contribution in [3.8, 4) is 6.07 Å². The molecule has 1 aromatic heterocycles. The highest BCUT2D eigenvalue weighted by Gasteiger charge is 2.19. The van der Waals surface area contributed by atoms with E-state index < -0.39 is 0 Å². The molecule has 1 aromatic carbocycles. The van der Waals surface area contributed by atoms with E-state index in [1.165, 1.54) is 0 Å². The highest BCUT2D eigenvalue weighted by molar-refractivity contribution is 5.78. The van der Waals surface area contributed by atoms with E-state index in [1.807, 2.05) is 18.2 Å². The summed E-state index contributed by atoms with van der Waals surface area (Å²) >= 11 is 0. The SMILES string of the molecule is CC(C)n1c(CC(C)(C)C)nc2cc(C#N)ccc21. The zero-order valence-corrected chi connectivity index (χ0v) is 12.4. The summed E-state index contributed by atoms with van der Waals surface area (Å²) in [6.07, 6.45) is 0.932. The first-order valence-corrected chi connectivity index (χ1v) is 6.73. The Bertz CT molecular complexity index is 636. The fourth-order valence-electron chi connectivity index (χ4n) is 2.39. The molecule has 0 aliphatic heterocycles. The summed E-state index contributed by atoms with van der Waals surface area (Å²) < 4.78 is 2.28. The lowest BCUT2D eigenvalue weighted by molar-refractivity contribution is 0.388. The van der Waals surface area contributed by atoms with E-state index in [0.29, 0.717) is 11.6 Å². The smallest absolute Gasteiger partial charge is 0.110 e. The van der Waals surface area contributed by atoms with Crippen molar-refractivity contribution in [1.82, 2.24) is 9.55 Å². The molecular weight excluding hydrogens is 234 g/mol. The summed E-state index contributed by atoms with van der Waals surface area (Å²) in [6.45, 7) is 11.0. The Morgan fingerprint density at radius 3 is 2.53 bits per heavy atom. The molecule has 0 spiro atoms. The second kappa shape index (κ2) is 4.70. The van der Waals surface area contributed by atoms with E-state index in [1.54, 1.807) is 0 Å². The van der Waals surface area contributed by atoms with E-state index in [-0.39, 0.29) is 5.41 Å². The molecule has 0 N–H and O–H groups in total. The molecule has 3 nitrogen and oxygen atoms in total. The zero-order chi connectivity index (χ0) is 14.2. The lowest BCUT2D eigenvalue weighted by Gasteiger charge is -2.20. The van der Waals surface area contributed by atoms with Crippen molar-refractivity contribution in [3.05, 3.63) is 29.6 Å². The van der Waals surface area contributed by atoms with Gasteiger partial charge < -0.3 is 4.57 Å². The van der Waals surface area contributed by atoms with Gasteiger partial charge in [-0.25, -0.2) is 4.98 Å². The Hall–Kier alpha value is -1.82. The van der Waals surface area contributed by atoms with Crippen molar-refractivity contribution in [1.29, 1.82) is 5.26 Å². The minimum Gasteiger partial charge on any atom is -0.325 e. The third-order valence-corrected chi connectivity index (χ3v) is 3.10. The van der Waals surface area contributed by atoms with Gasteiger partial charge in [-0.3, -0.25) is 0 Å². The Morgan fingerprint density at radius 2 is 2.00 bits per heavy atom. The molecular formula is C16H21N3. The molecule has 3 heteroatoms. The van der Waals surface area contributed by atoms with Crippen molar-refractivity contribution < 1.29 is 0 Å². The van der Waals surface area contributed by atoms with Gasteiger partial charge in [0.25, 0.3) is 0 Å². The third kappa shape index (κ3) is 2.78. The molecule has 0 aliphatic rings. The van der Waals surface area contributed by atoms with E-state index in [0.717, 1.165) is 23.3 Å². The van der Waals surface area contributed by atoms with Gasteiger partial charge in [0.2, 0.25) is 0 Å². The molecule has 0 atom stereocenters. The molecule has 2 aromatic rings.